The van der Waals surface area contributed by atoms with Gasteiger partial charge < -0.3 is 5.48 Å². The summed E-state index contributed by atoms with van der Waals surface area (Å²) in [6.45, 7) is 0. The molecule has 0 saturated heterocycles. The molecule has 0 aliphatic rings. The van der Waals surface area contributed by atoms with Gasteiger partial charge in [-0.1, -0.05) is 0 Å². The summed E-state index contributed by atoms with van der Waals surface area (Å²) in [5.41, 5.74) is 0. The van der Waals surface area contributed by atoms with Gasteiger partial charge >= 0.3 is 45.5 Å². The van der Waals surface area contributed by atoms with Crippen molar-refractivity contribution in [3.05, 3.63) is 0 Å². The average Bonchev–Trinajstić information content (AvgIpc) is 0. The van der Waals surface area contributed by atoms with Crippen LogP contribution in [0.15, 0.2) is 0 Å². The Hall–Kier alpha value is 3.14. The van der Waals surface area contributed by atoms with E-state index in [1.165, 1.54) is 0 Å². The van der Waals surface area contributed by atoms with E-state index in [1.807, 2.05) is 0 Å². The van der Waals surface area contributed by atoms with Gasteiger partial charge in [-0.2, -0.15) is 0 Å². The Kier molecular flexibility index (Phi) is 112. The van der Waals surface area contributed by atoms with Gasteiger partial charge in [-0.3, -0.25) is 0 Å². The van der Waals surface area contributed by atoms with E-state index in [-0.39, 0.29) is 103 Å². The summed E-state index contributed by atoms with van der Waals surface area (Å²) in [6.07, 6.45) is 0. The Morgan fingerprint density at radius 1 is 1.00 bits per heavy atom. The van der Waals surface area contributed by atoms with Gasteiger partial charge in [0.2, 0.25) is 0 Å². The first-order valence-corrected chi connectivity index (χ1v) is 0. The Morgan fingerprint density at radius 3 is 1.00 bits per heavy atom. The van der Waals surface area contributed by atoms with Crippen LogP contribution in [0, 0.1) is 35.6 Å². The molecule has 0 aromatic carbocycles. The molecule has 0 unspecified atom stereocenters. The van der Waals surface area contributed by atoms with Crippen LogP contribution >= 0.6 is 0 Å². The Morgan fingerprint density at radius 2 is 1.00 bits per heavy atom. The van der Waals surface area contributed by atoms with Crippen LogP contribution in [-0.4, -0.2) is 51.0 Å². The van der Waals surface area contributed by atoms with Crippen LogP contribution in [0.3, 0.4) is 0 Å². The SMILES string of the molecule is O.[Co].[La].[SrH2]. The topological polar surface area (TPSA) is 31.5 Å². The van der Waals surface area contributed by atoms with Gasteiger partial charge in [0.15, 0.2) is 0 Å². The van der Waals surface area contributed by atoms with Crippen LogP contribution in [0.25, 0.3) is 0 Å². The first-order valence-electron chi connectivity index (χ1n) is 0. The van der Waals surface area contributed by atoms with Crippen LogP contribution in [0.1, 0.15) is 0 Å². The third-order valence-corrected chi connectivity index (χ3v) is 0. The van der Waals surface area contributed by atoms with E-state index in [0.717, 1.165) is 0 Å². The zero-order chi connectivity index (χ0) is 0. The van der Waals surface area contributed by atoms with Crippen LogP contribution in [0.4, 0.5) is 0 Å². The average molecular weight is 305 g/mol. The van der Waals surface area contributed by atoms with Crippen molar-refractivity contribution in [1.82, 2.24) is 0 Å². The molecule has 4 heavy (non-hydrogen) atoms. The van der Waals surface area contributed by atoms with Crippen LogP contribution in [0.5, 0.6) is 0 Å². The molecule has 0 aliphatic carbocycles. The van der Waals surface area contributed by atoms with Crippen molar-refractivity contribution in [2.75, 3.05) is 0 Å². The molecule has 0 saturated carbocycles. The van der Waals surface area contributed by atoms with Crippen LogP contribution in [-0.2, 0) is 16.8 Å². The number of hydrogen-bond acceptors (Lipinski definition) is 0. The zero-order valence-electron chi connectivity index (χ0n) is 1.41. The monoisotopic (exact) mass is 306 g/mol. The van der Waals surface area contributed by atoms with E-state index in [2.05, 4.69) is 0 Å². The first kappa shape index (κ1) is 27.3. The fourth-order valence-corrected chi connectivity index (χ4v) is 0. The van der Waals surface area contributed by atoms with Gasteiger partial charge in [-0.05, 0) is 0 Å². The van der Waals surface area contributed by atoms with Gasteiger partial charge in [0.05, 0.1) is 0 Å². The van der Waals surface area contributed by atoms with E-state index in [0.29, 0.717) is 0 Å². The van der Waals surface area contributed by atoms with E-state index in [9.17, 15) is 0 Å². The van der Waals surface area contributed by atoms with Crippen molar-refractivity contribution in [3.8, 4) is 0 Å². The van der Waals surface area contributed by atoms with E-state index >= 15 is 0 Å². The Balaban J connectivity index is 0. The molecule has 1 nitrogen and oxygen atoms in total. The van der Waals surface area contributed by atoms with Crippen molar-refractivity contribution < 1.29 is 57.9 Å². The summed E-state index contributed by atoms with van der Waals surface area (Å²) < 4.78 is 0. The van der Waals surface area contributed by atoms with Crippen molar-refractivity contribution in [2.24, 2.45) is 0 Å². The van der Waals surface area contributed by atoms with Gasteiger partial charge in [0.25, 0.3) is 0 Å². The fourth-order valence-electron chi connectivity index (χ4n) is 0. The molecule has 0 bridgehead atoms. The summed E-state index contributed by atoms with van der Waals surface area (Å²) in [7, 11) is 0. The predicted octanol–water partition coefficient (Wildman–Crippen LogP) is -1.74. The maximum atomic E-state index is 0. The molecule has 0 heterocycles. The quantitative estimate of drug-likeness (QED) is 0.476. The van der Waals surface area contributed by atoms with E-state index in [4.69, 9.17) is 0 Å². The molecule has 0 spiro atoms. The molecule has 0 aliphatic heterocycles. The summed E-state index contributed by atoms with van der Waals surface area (Å²) in [6, 6.07) is 0. The molecule has 0 rings (SSSR count). The Labute approximate surface area is 101 Å². The van der Waals surface area contributed by atoms with E-state index in [1.54, 1.807) is 0 Å². The summed E-state index contributed by atoms with van der Waals surface area (Å²) in [5.74, 6) is 0. The second-order valence-electron chi connectivity index (χ2n) is 0. The molecule has 2 N–H and O–H groups in total. The van der Waals surface area contributed by atoms with E-state index < -0.39 is 0 Å². The molecule has 24 valence electrons. The number of rotatable bonds is 0. The number of hydrogen-bond donors (Lipinski definition) is 0. The van der Waals surface area contributed by atoms with Crippen LogP contribution < -0.4 is 0 Å². The standard InChI is InChI=1S/Co.La.H2O.Sr.2H/h;;1H2;;;. The molecular weight excluding hydrogens is 301 g/mol. The Bertz CT molecular complexity index is 8.00. The van der Waals surface area contributed by atoms with Crippen molar-refractivity contribution >= 4 is 45.5 Å². The summed E-state index contributed by atoms with van der Waals surface area (Å²) in [5, 5.41) is 0. The first-order chi connectivity index (χ1) is 0. The third kappa shape index (κ3) is 8.94. The van der Waals surface area contributed by atoms with Crippen molar-refractivity contribution in [3.63, 3.8) is 0 Å². The van der Waals surface area contributed by atoms with Crippen LogP contribution in [0.2, 0.25) is 0 Å². The molecule has 0 aromatic rings. The minimum atomic E-state index is 0. The molecule has 0 aromatic heterocycles. The van der Waals surface area contributed by atoms with Crippen molar-refractivity contribution in [1.29, 1.82) is 0 Å². The zero-order valence-corrected chi connectivity index (χ0v) is 6.08. The van der Waals surface area contributed by atoms with Gasteiger partial charge in [0.1, 0.15) is 0 Å². The minimum absolute atomic E-state index is 0. The molecule has 0 fully saturated rings. The predicted molar refractivity (Wildman–Crippen MR) is 12.2 cm³/mol. The summed E-state index contributed by atoms with van der Waals surface area (Å²) >= 11 is 0. The maximum absolute atomic E-state index is 0. The van der Waals surface area contributed by atoms with Gasteiger partial charge in [-0.15, -0.1) is 0 Å². The normalized spacial score (nSPS) is 0. The van der Waals surface area contributed by atoms with Gasteiger partial charge in [0, 0.05) is 52.4 Å². The van der Waals surface area contributed by atoms with Crippen molar-refractivity contribution in [2.45, 2.75) is 0 Å². The fraction of sp³-hybridized carbons (Fsp3) is 0. The second-order valence-corrected chi connectivity index (χ2v) is 0. The van der Waals surface area contributed by atoms with Gasteiger partial charge in [-0.25, -0.2) is 0 Å². The molecular formula is H4CoLaOSr. The molecule has 0 amide bonds. The molecule has 0 atom stereocenters. The molecule has 4 heteroatoms. The summed E-state index contributed by atoms with van der Waals surface area (Å²) in [4.78, 5) is 0. The molecule has 2 radical (unpaired) electrons. The third-order valence-electron chi connectivity index (χ3n) is 0. The second kappa shape index (κ2) is 16.5.